The highest BCUT2D eigenvalue weighted by molar-refractivity contribution is 5.85. The van der Waals surface area contributed by atoms with Gasteiger partial charge in [-0.25, -0.2) is 0 Å². The number of rotatable bonds is 9. The minimum Gasteiger partial charge on any atom is -0.493 e. The fourth-order valence-corrected chi connectivity index (χ4v) is 4.31. The SMILES string of the molecule is COc1cc(CCC(=O)N[C@H]2CC[C@H](C)CC2)ccc1OCCN1CCN(C)CC1.Cl.Cl. The fraction of sp³-hybridized carbons (Fsp3) is 0.708. The number of nitrogens with zero attached hydrogens (tertiary/aromatic N) is 2. The Morgan fingerprint density at radius 3 is 2.41 bits per heavy atom. The predicted octanol–water partition coefficient (Wildman–Crippen LogP) is 3.79. The number of hydrogen-bond acceptors (Lipinski definition) is 5. The van der Waals surface area contributed by atoms with Crippen LogP contribution >= 0.6 is 24.8 Å². The molecule has 1 aromatic carbocycles. The number of aryl methyl sites for hydroxylation is 1. The van der Waals surface area contributed by atoms with Gasteiger partial charge in [-0.2, -0.15) is 0 Å². The Morgan fingerprint density at radius 2 is 1.75 bits per heavy atom. The normalized spacial score (nSPS) is 21.7. The average molecular weight is 491 g/mol. The van der Waals surface area contributed by atoms with Crippen LogP contribution in [0.2, 0.25) is 0 Å². The number of amides is 1. The van der Waals surface area contributed by atoms with E-state index in [1.165, 1.54) is 12.8 Å². The van der Waals surface area contributed by atoms with Crippen molar-refractivity contribution in [3.8, 4) is 11.5 Å². The summed E-state index contributed by atoms with van der Waals surface area (Å²) in [5, 5.41) is 3.21. The molecule has 1 heterocycles. The standard InChI is InChI=1S/C24H39N3O3.2ClH/c1-19-4-8-21(9-5-19)25-24(28)11-7-20-6-10-22(23(18-20)29-3)30-17-16-27-14-12-26(2)13-15-27;;/h6,10,18-19,21H,4-5,7-9,11-17H2,1-3H3,(H,25,28);2*1H/t19-,21-;;. The molecule has 6 nitrogen and oxygen atoms in total. The summed E-state index contributed by atoms with van der Waals surface area (Å²) >= 11 is 0. The molecule has 184 valence electrons. The summed E-state index contributed by atoms with van der Waals surface area (Å²) in [5.74, 6) is 2.47. The van der Waals surface area contributed by atoms with Crippen LogP contribution < -0.4 is 14.8 Å². The molecular weight excluding hydrogens is 449 g/mol. The van der Waals surface area contributed by atoms with Gasteiger partial charge >= 0.3 is 0 Å². The zero-order valence-electron chi connectivity index (χ0n) is 19.8. The van der Waals surface area contributed by atoms with Gasteiger partial charge in [0.05, 0.1) is 7.11 Å². The first-order chi connectivity index (χ1) is 14.5. The summed E-state index contributed by atoms with van der Waals surface area (Å²) in [7, 11) is 3.84. The first-order valence-corrected chi connectivity index (χ1v) is 11.5. The van der Waals surface area contributed by atoms with E-state index in [0.717, 1.165) is 68.5 Å². The van der Waals surface area contributed by atoms with Crippen LogP contribution in [0.4, 0.5) is 0 Å². The van der Waals surface area contributed by atoms with Crippen molar-refractivity contribution in [1.82, 2.24) is 15.1 Å². The number of methoxy groups -OCH3 is 1. The first-order valence-electron chi connectivity index (χ1n) is 11.5. The molecule has 1 aromatic rings. The van der Waals surface area contributed by atoms with Crippen LogP contribution in [0, 0.1) is 5.92 Å². The summed E-state index contributed by atoms with van der Waals surface area (Å²) in [6, 6.07) is 6.38. The van der Waals surface area contributed by atoms with E-state index in [-0.39, 0.29) is 30.7 Å². The van der Waals surface area contributed by atoms with Gasteiger partial charge in [-0.3, -0.25) is 9.69 Å². The molecule has 1 saturated carbocycles. The van der Waals surface area contributed by atoms with Crippen molar-refractivity contribution in [3.63, 3.8) is 0 Å². The van der Waals surface area contributed by atoms with Crippen LogP contribution in [0.5, 0.6) is 11.5 Å². The van der Waals surface area contributed by atoms with Crippen molar-refractivity contribution in [2.75, 3.05) is 53.5 Å². The molecule has 1 aliphatic heterocycles. The highest BCUT2D eigenvalue weighted by Crippen LogP contribution is 2.29. The molecule has 0 unspecified atom stereocenters. The second-order valence-corrected chi connectivity index (χ2v) is 9.00. The third kappa shape index (κ3) is 9.34. The summed E-state index contributed by atoms with van der Waals surface area (Å²) in [4.78, 5) is 17.1. The second kappa shape index (κ2) is 14.8. The molecule has 2 aliphatic rings. The maximum absolute atomic E-state index is 12.3. The Labute approximate surface area is 206 Å². The van der Waals surface area contributed by atoms with Gasteiger partial charge in [-0.15, -0.1) is 24.8 Å². The maximum atomic E-state index is 12.3. The van der Waals surface area contributed by atoms with Crippen LogP contribution in [0.3, 0.4) is 0 Å². The van der Waals surface area contributed by atoms with Crippen molar-refractivity contribution in [3.05, 3.63) is 23.8 Å². The van der Waals surface area contributed by atoms with Crippen molar-refractivity contribution in [2.45, 2.75) is 51.5 Å². The van der Waals surface area contributed by atoms with Gasteiger partial charge in [-0.05, 0) is 62.8 Å². The molecule has 0 spiro atoms. The lowest BCUT2D eigenvalue weighted by molar-refractivity contribution is -0.122. The lowest BCUT2D eigenvalue weighted by atomic mass is 9.87. The van der Waals surface area contributed by atoms with Gasteiger partial charge in [0.2, 0.25) is 5.91 Å². The predicted molar refractivity (Wildman–Crippen MR) is 135 cm³/mol. The molecule has 1 aliphatic carbocycles. The van der Waals surface area contributed by atoms with Gasteiger partial charge < -0.3 is 19.7 Å². The number of benzene rings is 1. The number of hydrogen-bond donors (Lipinski definition) is 1. The van der Waals surface area contributed by atoms with Crippen LogP contribution in [-0.2, 0) is 11.2 Å². The number of likely N-dealkylation sites (N-methyl/N-ethyl adjacent to an activating group) is 1. The van der Waals surface area contributed by atoms with E-state index in [4.69, 9.17) is 9.47 Å². The highest BCUT2D eigenvalue weighted by atomic mass is 35.5. The molecule has 0 aromatic heterocycles. The molecule has 1 N–H and O–H groups in total. The van der Waals surface area contributed by atoms with E-state index < -0.39 is 0 Å². The van der Waals surface area contributed by atoms with Gasteiger partial charge in [0, 0.05) is 45.2 Å². The molecular formula is C24H41Cl2N3O3. The number of piperazine rings is 1. The molecule has 32 heavy (non-hydrogen) atoms. The van der Waals surface area contributed by atoms with E-state index in [2.05, 4.69) is 29.1 Å². The molecule has 1 amide bonds. The third-order valence-corrected chi connectivity index (χ3v) is 6.51. The maximum Gasteiger partial charge on any atom is 0.220 e. The largest absolute Gasteiger partial charge is 0.493 e. The van der Waals surface area contributed by atoms with Crippen molar-refractivity contribution in [2.24, 2.45) is 5.92 Å². The number of carbonyl (C=O) groups excluding carboxylic acids is 1. The molecule has 0 bridgehead atoms. The highest BCUT2D eigenvalue weighted by Gasteiger charge is 2.19. The van der Waals surface area contributed by atoms with E-state index in [1.807, 2.05) is 18.2 Å². The summed E-state index contributed by atoms with van der Waals surface area (Å²) in [6.45, 7) is 8.30. The Balaban J connectivity index is 0.00000256. The van der Waals surface area contributed by atoms with Crippen LogP contribution in [0.1, 0.15) is 44.6 Å². The monoisotopic (exact) mass is 489 g/mol. The second-order valence-electron chi connectivity index (χ2n) is 9.00. The first kappa shape index (κ1) is 28.8. The Kier molecular flexibility index (Phi) is 13.4. The number of halogens is 2. The summed E-state index contributed by atoms with van der Waals surface area (Å²) < 4.78 is 11.5. The van der Waals surface area contributed by atoms with Crippen molar-refractivity contribution < 1.29 is 14.3 Å². The molecule has 8 heteroatoms. The topological polar surface area (TPSA) is 54.0 Å². The van der Waals surface area contributed by atoms with E-state index in [9.17, 15) is 4.79 Å². The molecule has 0 radical (unpaired) electrons. The van der Waals surface area contributed by atoms with Gasteiger partial charge in [-0.1, -0.05) is 13.0 Å². The molecule has 2 fully saturated rings. The van der Waals surface area contributed by atoms with E-state index in [1.54, 1.807) is 7.11 Å². The molecule has 0 atom stereocenters. The third-order valence-electron chi connectivity index (χ3n) is 6.51. The molecule has 1 saturated heterocycles. The lowest BCUT2D eigenvalue weighted by Crippen LogP contribution is -2.45. The zero-order valence-corrected chi connectivity index (χ0v) is 21.4. The molecule has 3 rings (SSSR count). The number of nitrogens with one attached hydrogen (secondary N) is 1. The summed E-state index contributed by atoms with van der Waals surface area (Å²) in [5.41, 5.74) is 1.10. The Bertz CT molecular complexity index is 676. The smallest absolute Gasteiger partial charge is 0.220 e. The average Bonchev–Trinajstić information content (AvgIpc) is 2.76. The van der Waals surface area contributed by atoms with E-state index in [0.29, 0.717) is 25.5 Å². The summed E-state index contributed by atoms with van der Waals surface area (Å²) in [6.07, 6.45) is 5.89. The van der Waals surface area contributed by atoms with Gasteiger partial charge in [0.15, 0.2) is 11.5 Å². The zero-order chi connectivity index (χ0) is 21.3. The quantitative estimate of drug-likeness (QED) is 0.571. The lowest BCUT2D eigenvalue weighted by Gasteiger charge is -2.32. The number of carbonyl (C=O) groups is 1. The van der Waals surface area contributed by atoms with Crippen LogP contribution in [-0.4, -0.2) is 75.2 Å². The van der Waals surface area contributed by atoms with Crippen LogP contribution in [0.15, 0.2) is 18.2 Å². The Hall–Kier alpha value is -1.21. The van der Waals surface area contributed by atoms with E-state index >= 15 is 0 Å². The minimum absolute atomic E-state index is 0. The Morgan fingerprint density at radius 1 is 1.06 bits per heavy atom. The fourth-order valence-electron chi connectivity index (χ4n) is 4.31. The van der Waals surface area contributed by atoms with Crippen molar-refractivity contribution in [1.29, 1.82) is 0 Å². The van der Waals surface area contributed by atoms with Gasteiger partial charge in [0.1, 0.15) is 6.61 Å². The number of ether oxygens (including phenoxy) is 2. The van der Waals surface area contributed by atoms with Crippen LogP contribution in [0.25, 0.3) is 0 Å². The van der Waals surface area contributed by atoms with Gasteiger partial charge in [0.25, 0.3) is 0 Å². The van der Waals surface area contributed by atoms with Crippen molar-refractivity contribution >= 4 is 30.7 Å². The minimum atomic E-state index is 0.